The Kier molecular flexibility index (Phi) is 7.34. The minimum Gasteiger partial charge on any atom is -0.480 e. The van der Waals surface area contributed by atoms with E-state index in [1.807, 2.05) is 0 Å². The molecule has 1 saturated carbocycles. The highest BCUT2D eigenvalue weighted by Gasteiger charge is 2.29. The zero-order chi connectivity index (χ0) is 15.7. The van der Waals surface area contributed by atoms with Crippen LogP contribution in [-0.4, -0.2) is 41.9 Å². The normalized spacial score (nSPS) is 22.1. The van der Waals surface area contributed by atoms with Gasteiger partial charge in [-0.15, -0.1) is 0 Å². The van der Waals surface area contributed by atoms with Gasteiger partial charge in [0.1, 0.15) is 12.1 Å². The van der Waals surface area contributed by atoms with Gasteiger partial charge in [0.2, 0.25) is 0 Å². The Morgan fingerprint density at radius 2 is 2.24 bits per heavy atom. The molecule has 0 aliphatic heterocycles. The van der Waals surface area contributed by atoms with Crippen LogP contribution in [0.1, 0.15) is 38.5 Å². The molecule has 1 unspecified atom stereocenters. The second kappa shape index (κ2) is 9.04. The third kappa shape index (κ3) is 6.33. The number of hydrogen-bond donors (Lipinski definition) is 3. The number of rotatable bonds is 8. The molecule has 9 heteroatoms. The largest absolute Gasteiger partial charge is 0.480 e. The third-order valence-electron chi connectivity index (χ3n) is 3.40. The average Bonchev–Trinajstić information content (AvgIpc) is 2.85. The Morgan fingerprint density at radius 1 is 1.48 bits per heavy atom. The van der Waals surface area contributed by atoms with Crippen molar-refractivity contribution >= 4 is 12.1 Å². The lowest BCUT2D eigenvalue weighted by Gasteiger charge is -2.16. The number of carbonyl (C=O) groups excluding carboxylic acids is 1. The van der Waals surface area contributed by atoms with Crippen LogP contribution < -0.4 is 11.1 Å². The lowest BCUT2D eigenvalue weighted by atomic mass is 10.1. The molecule has 4 N–H and O–H groups in total. The van der Waals surface area contributed by atoms with Gasteiger partial charge in [0.05, 0.1) is 6.04 Å². The van der Waals surface area contributed by atoms with Crippen LogP contribution in [-0.2, 0) is 9.53 Å². The summed E-state index contributed by atoms with van der Waals surface area (Å²) in [4.78, 5) is 24.8. The van der Waals surface area contributed by atoms with E-state index >= 15 is 0 Å². The Labute approximate surface area is 122 Å². The van der Waals surface area contributed by atoms with Gasteiger partial charge in [-0.3, -0.25) is 4.79 Å². The van der Waals surface area contributed by atoms with E-state index in [1.54, 1.807) is 0 Å². The third-order valence-corrected chi connectivity index (χ3v) is 3.40. The number of carbonyl (C=O) groups is 2. The van der Waals surface area contributed by atoms with Crippen molar-refractivity contribution in [3.63, 3.8) is 0 Å². The van der Waals surface area contributed by atoms with E-state index in [-0.39, 0.29) is 12.1 Å². The number of unbranched alkanes of at least 4 members (excludes halogenated alkanes) is 1. The molecule has 1 fully saturated rings. The average molecular weight is 299 g/mol. The van der Waals surface area contributed by atoms with Gasteiger partial charge in [-0.1, -0.05) is 5.11 Å². The first-order valence-corrected chi connectivity index (χ1v) is 7.01. The predicted molar refractivity (Wildman–Crippen MR) is 74.5 cm³/mol. The van der Waals surface area contributed by atoms with Crippen molar-refractivity contribution in [2.45, 2.75) is 56.7 Å². The first kappa shape index (κ1) is 17.1. The van der Waals surface area contributed by atoms with Gasteiger partial charge in [-0.05, 0) is 44.1 Å². The maximum Gasteiger partial charge on any atom is 0.407 e. The van der Waals surface area contributed by atoms with E-state index in [0.29, 0.717) is 32.2 Å². The van der Waals surface area contributed by atoms with E-state index in [2.05, 4.69) is 15.3 Å². The first-order chi connectivity index (χ1) is 10.0. The molecule has 1 amide bonds. The maximum absolute atomic E-state index is 11.6. The number of amides is 1. The van der Waals surface area contributed by atoms with Crippen molar-refractivity contribution in [3.8, 4) is 0 Å². The van der Waals surface area contributed by atoms with Crippen molar-refractivity contribution in [2.75, 3.05) is 6.54 Å². The number of alkyl carbamates (subject to hydrolysis) is 1. The smallest absolute Gasteiger partial charge is 0.407 e. The van der Waals surface area contributed by atoms with Crippen molar-refractivity contribution in [1.29, 1.82) is 0 Å². The molecule has 0 heterocycles. The quantitative estimate of drug-likeness (QED) is 0.268. The fourth-order valence-electron chi connectivity index (χ4n) is 2.22. The molecule has 9 nitrogen and oxygen atoms in total. The summed E-state index contributed by atoms with van der Waals surface area (Å²) in [6, 6.07) is -1.14. The number of carboxylic acids is 1. The Balaban J connectivity index is 2.14. The SMILES string of the molecule is [N-]=[N+]=N[C@@H]1CCC[C@H]1OC(=O)NCCCCC(N)C(=O)O. The summed E-state index contributed by atoms with van der Waals surface area (Å²) in [5, 5.41) is 14.8. The fourth-order valence-corrected chi connectivity index (χ4v) is 2.22. The molecular weight excluding hydrogens is 278 g/mol. The van der Waals surface area contributed by atoms with Crippen LogP contribution in [0.15, 0.2) is 5.11 Å². The van der Waals surface area contributed by atoms with Gasteiger partial charge in [0, 0.05) is 11.5 Å². The topological polar surface area (TPSA) is 150 Å². The fraction of sp³-hybridized carbons (Fsp3) is 0.833. The maximum atomic E-state index is 11.6. The lowest BCUT2D eigenvalue weighted by molar-refractivity contribution is -0.138. The summed E-state index contributed by atoms with van der Waals surface area (Å²) in [5.74, 6) is -1.02. The highest BCUT2D eigenvalue weighted by molar-refractivity contribution is 5.72. The molecule has 0 radical (unpaired) electrons. The number of aliphatic carboxylic acids is 1. The van der Waals surface area contributed by atoms with Crippen molar-refractivity contribution in [2.24, 2.45) is 10.8 Å². The molecule has 0 spiro atoms. The number of azide groups is 1. The van der Waals surface area contributed by atoms with Crippen molar-refractivity contribution in [1.82, 2.24) is 5.32 Å². The van der Waals surface area contributed by atoms with Crippen LogP contribution in [0.3, 0.4) is 0 Å². The highest BCUT2D eigenvalue weighted by atomic mass is 16.6. The van der Waals surface area contributed by atoms with Crippen molar-refractivity contribution < 1.29 is 19.4 Å². The molecule has 0 aromatic rings. The second-order valence-corrected chi connectivity index (χ2v) is 5.01. The van der Waals surface area contributed by atoms with Crippen LogP contribution in [0.5, 0.6) is 0 Å². The number of hydrogen-bond acceptors (Lipinski definition) is 5. The van der Waals surface area contributed by atoms with Crippen LogP contribution >= 0.6 is 0 Å². The Hall–Kier alpha value is -1.99. The van der Waals surface area contributed by atoms with Crippen LogP contribution in [0, 0.1) is 0 Å². The van der Waals surface area contributed by atoms with E-state index in [4.69, 9.17) is 21.1 Å². The van der Waals surface area contributed by atoms with Crippen LogP contribution in [0.2, 0.25) is 0 Å². The number of carboxylic acid groups (broad SMARTS) is 1. The summed E-state index contributed by atoms with van der Waals surface area (Å²) in [6.45, 7) is 0.393. The zero-order valence-corrected chi connectivity index (χ0v) is 11.8. The minimum absolute atomic E-state index is 0.283. The molecule has 0 saturated heterocycles. The standard InChI is InChI=1S/C12H21N5O4/c13-8(11(18)19)4-1-2-7-15-12(20)21-10-6-3-5-9(10)16-17-14/h8-10H,1-7,13H2,(H,15,20)(H,18,19)/t8?,9-,10-/m1/s1. The lowest BCUT2D eigenvalue weighted by Crippen LogP contribution is -2.33. The van der Waals surface area contributed by atoms with Gasteiger partial charge in [-0.2, -0.15) is 0 Å². The minimum atomic E-state index is -1.02. The van der Waals surface area contributed by atoms with Gasteiger partial charge < -0.3 is 20.9 Å². The Morgan fingerprint density at radius 3 is 2.90 bits per heavy atom. The molecule has 0 bridgehead atoms. The van der Waals surface area contributed by atoms with Crippen LogP contribution in [0.25, 0.3) is 10.4 Å². The predicted octanol–water partition coefficient (Wildman–Crippen LogP) is 1.53. The summed E-state index contributed by atoms with van der Waals surface area (Å²) < 4.78 is 5.21. The van der Waals surface area contributed by atoms with E-state index in [0.717, 1.165) is 12.8 Å². The van der Waals surface area contributed by atoms with Gasteiger partial charge in [0.15, 0.2) is 0 Å². The Bertz CT molecular complexity index is 410. The summed E-state index contributed by atoms with van der Waals surface area (Å²) in [5.41, 5.74) is 13.8. The summed E-state index contributed by atoms with van der Waals surface area (Å²) in [7, 11) is 0. The molecule has 0 aromatic carbocycles. The van der Waals surface area contributed by atoms with Crippen LogP contribution in [0.4, 0.5) is 4.79 Å². The van der Waals surface area contributed by atoms with E-state index < -0.39 is 18.1 Å². The van der Waals surface area contributed by atoms with Gasteiger partial charge >= 0.3 is 12.1 Å². The second-order valence-electron chi connectivity index (χ2n) is 5.01. The molecule has 21 heavy (non-hydrogen) atoms. The number of nitrogens with zero attached hydrogens (tertiary/aromatic N) is 3. The highest BCUT2D eigenvalue weighted by Crippen LogP contribution is 2.25. The van der Waals surface area contributed by atoms with E-state index in [1.165, 1.54) is 0 Å². The molecule has 1 aliphatic rings. The molecule has 1 aliphatic carbocycles. The van der Waals surface area contributed by atoms with Gasteiger partial charge in [0.25, 0.3) is 0 Å². The number of nitrogens with two attached hydrogens (primary N) is 1. The zero-order valence-electron chi connectivity index (χ0n) is 11.8. The van der Waals surface area contributed by atoms with Gasteiger partial charge in [-0.25, -0.2) is 4.79 Å². The number of ether oxygens (including phenoxy) is 1. The van der Waals surface area contributed by atoms with E-state index in [9.17, 15) is 9.59 Å². The monoisotopic (exact) mass is 299 g/mol. The molecule has 0 aromatic heterocycles. The first-order valence-electron chi connectivity index (χ1n) is 7.01. The molecule has 3 atom stereocenters. The summed E-state index contributed by atoms with van der Waals surface area (Å²) >= 11 is 0. The molecule has 1 rings (SSSR count). The van der Waals surface area contributed by atoms with Crippen molar-refractivity contribution in [3.05, 3.63) is 10.4 Å². The molecule has 118 valence electrons. The molecular formula is C12H21N5O4. The summed E-state index contributed by atoms with van der Waals surface area (Å²) in [6.07, 6.45) is 3.00. The number of nitrogens with one attached hydrogen (secondary N) is 1.